The Morgan fingerprint density at radius 3 is 2.78 bits per heavy atom. The Bertz CT molecular complexity index is 767. The molecule has 144 valence electrons. The molecule has 1 aliphatic carbocycles. The highest BCUT2D eigenvalue weighted by molar-refractivity contribution is 5.89. The van der Waals surface area contributed by atoms with E-state index in [0.29, 0.717) is 24.8 Å². The molecule has 0 spiro atoms. The van der Waals surface area contributed by atoms with Gasteiger partial charge < -0.3 is 15.4 Å². The monoisotopic (exact) mass is 371 g/mol. The Labute approximate surface area is 159 Å². The molecule has 27 heavy (non-hydrogen) atoms. The first-order chi connectivity index (χ1) is 13.3. The molecule has 2 aromatic rings. The van der Waals surface area contributed by atoms with Crippen LogP contribution in [0.4, 0.5) is 10.2 Å². The molecule has 1 aromatic heterocycles. The van der Waals surface area contributed by atoms with Crippen molar-refractivity contribution < 1.29 is 9.13 Å². The molecule has 0 radical (unpaired) electrons. The first kappa shape index (κ1) is 19.5. The van der Waals surface area contributed by atoms with Gasteiger partial charge in [-0.2, -0.15) is 5.26 Å². The number of benzene rings is 1. The van der Waals surface area contributed by atoms with Gasteiger partial charge in [-0.3, -0.25) is 0 Å². The Morgan fingerprint density at radius 2 is 2.11 bits per heavy atom. The number of nitrogens with one attached hydrogen (secondary N) is 2. The summed E-state index contributed by atoms with van der Waals surface area (Å²) in [5, 5.41) is 16.5. The van der Waals surface area contributed by atoms with E-state index in [0.717, 1.165) is 23.3 Å². The number of aromatic nitrogens is 2. The lowest BCUT2D eigenvalue weighted by molar-refractivity contribution is 0.0137. The van der Waals surface area contributed by atoms with Crippen molar-refractivity contribution in [1.29, 1.82) is 5.26 Å². The van der Waals surface area contributed by atoms with Crippen LogP contribution in [0.15, 0.2) is 24.5 Å². The zero-order chi connectivity index (χ0) is 18.9. The van der Waals surface area contributed by atoms with E-state index in [4.69, 9.17) is 10.00 Å². The number of anilines is 1. The highest BCUT2D eigenvalue weighted by Crippen LogP contribution is 2.25. The Morgan fingerprint density at radius 1 is 1.26 bits per heavy atom. The number of ether oxygens (including phenoxy) is 1. The average Bonchev–Trinajstić information content (AvgIpc) is 2.75. The molecule has 1 atom stereocenters. The van der Waals surface area contributed by atoms with E-state index in [1.54, 1.807) is 12.4 Å². The zero-order valence-electron chi connectivity index (χ0n) is 15.5. The maximum atomic E-state index is 11.7. The van der Waals surface area contributed by atoms with Crippen molar-refractivity contribution in [2.24, 2.45) is 0 Å². The highest BCUT2D eigenvalue weighted by atomic mass is 19.1. The normalized spacial score (nSPS) is 20.4. The summed E-state index contributed by atoms with van der Waals surface area (Å²) in [6.45, 7) is 1.80. The first-order valence-corrected chi connectivity index (χ1v) is 9.60. The lowest BCUT2D eigenvalue weighted by Crippen LogP contribution is -2.39. The number of hydrogen-bond acceptors (Lipinski definition) is 6. The fraction of sp³-hybridized carbons (Fsp3) is 0.550. The maximum absolute atomic E-state index is 11.7. The van der Waals surface area contributed by atoms with E-state index in [9.17, 15) is 4.39 Å². The van der Waals surface area contributed by atoms with Crippen molar-refractivity contribution in [2.45, 2.75) is 44.2 Å². The number of rotatable bonds is 3. The minimum Gasteiger partial charge on any atom is -0.373 e. The molecule has 6 nitrogen and oxygen atoms in total. The Hall–Kier alpha value is -2.30. The Balaban J connectivity index is 0.000000221. The third kappa shape index (κ3) is 5.59. The van der Waals surface area contributed by atoms with E-state index in [2.05, 4.69) is 26.7 Å². The summed E-state index contributed by atoms with van der Waals surface area (Å²) in [6, 6.07) is 8.19. The van der Waals surface area contributed by atoms with E-state index in [-0.39, 0.29) is 12.8 Å². The molecule has 2 N–H and O–H groups in total. The second-order valence-corrected chi connectivity index (χ2v) is 6.90. The van der Waals surface area contributed by atoms with Crippen molar-refractivity contribution in [1.82, 2.24) is 15.3 Å². The van der Waals surface area contributed by atoms with Gasteiger partial charge in [-0.1, -0.05) is 19.3 Å². The second-order valence-electron chi connectivity index (χ2n) is 6.90. The summed E-state index contributed by atoms with van der Waals surface area (Å²) in [7, 11) is 0. The molecular formula is C20H26FN5O. The van der Waals surface area contributed by atoms with Crippen LogP contribution in [-0.2, 0) is 4.74 Å². The minimum absolute atomic E-state index is 0.191. The van der Waals surface area contributed by atoms with Crippen LogP contribution in [-0.4, -0.2) is 48.5 Å². The molecule has 7 heteroatoms. The molecule has 1 saturated heterocycles. The smallest absolute Gasteiger partial charge is 0.137 e. The van der Waals surface area contributed by atoms with Gasteiger partial charge in [0.25, 0.3) is 0 Å². The summed E-state index contributed by atoms with van der Waals surface area (Å²) in [6.07, 6.45) is 7.69. The van der Waals surface area contributed by atoms with Gasteiger partial charge in [0.05, 0.1) is 29.9 Å². The molecule has 2 aliphatic rings. The quantitative estimate of drug-likeness (QED) is 0.862. The highest BCUT2D eigenvalue weighted by Gasteiger charge is 2.15. The van der Waals surface area contributed by atoms with Crippen LogP contribution in [0, 0.1) is 11.3 Å². The van der Waals surface area contributed by atoms with E-state index in [1.165, 1.54) is 32.1 Å². The van der Waals surface area contributed by atoms with Gasteiger partial charge in [-0.15, -0.1) is 0 Å². The number of alkyl halides is 1. The van der Waals surface area contributed by atoms with Gasteiger partial charge in [0.2, 0.25) is 0 Å². The molecule has 1 saturated carbocycles. The average molecular weight is 371 g/mol. The van der Waals surface area contributed by atoms with Gasteiger partial charge in [0.15, 0.2) is 0 Å². The van der Waals surface area contributed by atoms with Gasteiger partial charge in [0, 0.05) is 24.5 Å². The molecule has 2 heterocycles. The lowest BCUT2D eigenvalue weighted by atomic mass is 9.95. The van der Waals surface area contributed by atoms with E-state index in [1.807, 2.05) is 12.1 Å². The van der Waals surface area contributed by atoms with Crippen molar-refractivity contribution in [2.75, 3.05) is 31.7 Å². The standard InChI is InChI=1S/C15H16N4.C5H10FNO/c16-9-11-6-7-14-13(8-11)15(18-10-17-14)19-12-4-2-1-3-5-12;6-3-5-4-7-1-2-8-5/h6-8,10,12H,1-5H2,(H,17,18,19);5,7H,1-4H2. The number of nitrogens with zero attached hydrogens (tertiary/aromatic N) is 3. The molecule has 4 rings (SSSR count). The number of hydrogen-bond donors (Lipinski definition) is 2. The van der Waals surface area contributed by atoms with Crippen molar-refractivity contribution in [3.63, 3.8) is 0 Å². The molecule has 0 amide bonds. The summed E-state index contributed by atoms with van der Waals surface area (Å²) in [4.78, 5) is 8.59. The third-order valence-electron chi connectivity index (χ3n) is 4.89. The third-order valence-corrected chi connectivity index (χ3v) is 4.89. The van der Waals surface area contributed by atoms with E-state index < -0.39 is 0 Å². The van der Waals surface area contributed by atoms with Crippen LogP contribution in [0.1, 0.15) is 37.7 Å². The largest absolute Gasteiger partial charge is 0.373 e. The van der Waals surface area contributed by atoms with Gasteiger partial charge in [0.1, 0.15) is 18.8 Å². The van der Waals surface area contributed by atoms with Crippen LogP contribution < -0.4 is 10.6 Å². The predicted octanol–water partition coefficient (Wildman–Crippen LogP) is 3.19. The van der Waals surface area contributed by atoms with Crippen LogP contribution >= 0.6 is 0 Å². The minimum atomic E-state index is -0.368. The number of morpholine rings is 1. The zero-order valence-corrected chi connectivity index (χ0v) is 15.5. The second kappa shape index (κ2) is 10.1. The van der Waals surface area contributed by atoms with Crippen LogP contribution in [0.25, 0.3) is 10.9 Å². The molecule has 0 bridgehead atoms. The summed E-state index contributed by atoms with van der Waals surface area (Å²) in [5.41, 5.74) is 1.53. The number of nitriles is 1. The number of fused-ring (bicyclic) bond motifs is 1. The maximum Gasteiger partial charge on any atom is 0.137 e. The molecule has 1 unspecified atom stereocenters. The fourth-order valence-corrected chi connectivity index (χ4v) is 3.40. The predicted molar refractivity (Wildman–Crippen MR) is 103 cm³/mol. The SMILES string of the molecule is FCC1CNCCO1.N#Cc1ccc2ncnc(NC3CCCCC3)c2c1. The van der Waals surface area contributed by atoms with Gasteiger partial charge in [-0.25, -0.2) is 14.4 Å². The van der Waals surface area contributed by atoms with Crippen molar-refractivity contribution >= 4 is 16.7 Å². The molecule has 1 aromatic carbocycles. The fourth-order valence-electron chi connectivity index (χ4n) is 3.40. The van der Waals surface area contributed by atoms with Crippen LogP contribution in [0.5, 0.6) is 0 Å². The van der Waals surface area contributed by atoms with Crippen LogP contribution in [0.3, 0.4) is 0 Å². The number of halogens is 1. The van der Waals surface area contributed by atoms with Gasteiger partial charge in [-0.05, 0) is 31.0 Å². The lowest BCUT2D eigenvalue weighted by Gasteiger charge is -2.23. The molecular weight excluding hydrogens is 345 g/mol. The topological polar surface area (TPSA) is 82.9 Å². The van der Waals surface area contributed by atoms with E-state index >= 15 is 0 Å². The summed E-state index contributed by atoms with van der Waals surface area (Å²) in [5.74, 6) is 0.856. The van der Waals surface area contributed by atoms with Crippen molar-refractivity contribution in [3.8, 4) is 6.07 Å². The van der Waals surface area contributed by atoms with Gasteiger partial charge >= 0.3 is 0 Å². The first-order valence-electron chi connectivity index (χ1n) is 9.60. The van der Waals surface area contributed by atoms with Crippen LogP contribution in [0.2, 0.25) is 0 Å². The van der Waals surface area contributed by atoms with Crippen molar-refractivity contribution in [3.05, 3.63) is 30.1 Å². The molecule has 1 aliphatic heterocycles. The Kier molecular flexibility index (Phi) is 7.31. The summed E-state index contributed by atoms with van der Waals surface area (Å²) >= 11 is 0. The molecule has 2 fully saturated rings. The summed E-state index contributed by atoms with van der Waals surface area (Å²) < 4.78 is 16.7.